The van der Waals surface area contributed by atoms with Gasteiger partial charge in [0.15, 0.2) is 0 Å². The van der Waals surface area contributed by atoms with Gasteiger partial charge in [0.05, 0.1) is 25.0 Å². The molecule has 5 nitrogen and oxygen atoms in total. The van der Waals surface area contributed by atoms with Gasteiger partial charge in [-0.2, -0.15) is 0 Å². The summed E-state index contributed by atoms with van der Waals surface area (Å²) in [6.45, 7) is 0. The van der Waals surface area contributed by atoms with Gasteiger partial charge in [0, 0.05) is 11.8 Å². The highest BCUT2D eigenvalue weighted by Gasteiger charge is 2.35. The first kappa shape index (κ1) is 21.8. The summed E-state index contributed by atoms with van der Waals surface area (Å²) in [4.78, 5) is 26.3. The number of thioether (sulfide) groups is 1. The lowest BCUT2D eigenvalue weighted by molar-refractivity contribution is -0.116. The zero-order valence-corrected chi connectivity index (χ0v) is 18.0. The molecule has 4 rings (SSSR count). The average molecular weight is 454 g/mol. The smallest absolute Gasteiger partial charge is 0.238 e. The van der Waals surface area contributed by atoms with Gasteiger partial charge in [-0.3, -0.25) is 14.5 Å². The second kappa shape index (κ2) is 9.40. The summed E-state index contributed by atoms with van der Waals surface area (Å²) in [5, 5.41) is 2.38. The molecule has 3 aromatic carbocycles. The lowest BCUT2D eigenvalue weighted by Crippen LogP contribution is -2.28. The molecule has 1 N–H and O–H groups in total. The van der Waals surface area contributed by atoms with Gasteiger partial charge in [0.25, 0.3) is 0 Å². The molecule has 1 fully saturated rings. The molecular weight excluding hydrogens is 434 g/mol. The van der Waals surface area contributed by atoms with Crippen molar-refractivity contribution in [2.45, 2.75) is 11.8 Å². The fourth-order valence-corrected chi connectivity index (χ4v) is 4.67. The molecular formula is C24H20F2N2O3S. The van der Waals surface area contributed by atoms with Crippen molar-refractivity contribution >= 4 is 35.0 Å². The van der Waals surface area contributed by atoms with E-state index in [9.17, 15) is 18.4 Å². The fraction of sp³-hybridized carbons (Fsp3) is 0.167. The van der Waals surface area contributed by atoms with E-state index in [1.54, 1.807) is 37.4 Å². The Labute approximate surface area is 188 Å². The largest absolute Gasteiger partial charge is 0.497 e. The van der Waals surface area contributed by atoms with Gasteiger partial charge in [-0.25, -0.2) is 8.78 Å². The number of carbonyl (C=O) groups excluding carboxylic acids is 2. The van der Waals surface area contributed by atoms with E-state index in [1.165, 1.54) is 22.7 Å². The van der Waals surface area contributed by atoms with E-state index in [1.807, 2.05) is 18.2 Å². The van der Waals surface area contributed by atoms with Crippen LogP contribution in [0.15, 0.2) is 66.7 Å². The van der Waals surface area contributed by atoms with Crippen LogP contribution in [-0.2, 0) is 16.0 Å². The summed E-state index contributed by atoms with van der Waals surface area (Å²) in [7, 11) is 1.58. The molecule has 0 bridgehead atoms. The van der Waals surface area contributed by atoms with Crippen LogP contribution < -0.4 is 15.0 Å². The molecule has 1 aliphatic heterocycles. The van der Waals surface area contributed by atoms with Crippen molar-refractivity contribution in [3.63, 3.8) is 0 Å². The third-order valence-electron chi connectivity index (χ3n) is 5.02. The molecule has 1 atom stereocenters. The summed E-state index contributed by atoms with van der Waals surface area (Å²) in [6.07, 6.45) is 0.192. The number of methoxy groups -OCH3 is 1. The van der Waals surface area contributed by atoms with Crippen molar-refractivity contribution in [2.75, 3.05) is 23.1 Å². The number of nitrogens with zero attached hydrogens (tertiary/aromatic N) is 1. The predicted molar refractivity (Wildman–Crippen MR) is 121 cm³/mol. The number of halogens is 2. The Morgan fingerprint density at radius 2 is 1.91 bits per heavy atom. The molecule has 1 heterocycles. The van der Waals surface area contributed by atoms with E-state index in [-0.39, 0.29) is 29.7 Å². The number of rotatable bonds is 6. The minimum atomic E-state index is -0.796. The monoisotopic (exact) mass is 454 g/mol. The molecule has 0 radical (unpaired) electrons. The quantitative estimate of drug-likeness (QED) is 0.574. The van der Waals surface area contributed by atoms with Gasteiger partial charge in [-0.1, -0.05) is 24.3 Å². The molecule has 0 unspecified atom stereocenters. The molecule has 0 spiro atoms. The maximum atomic E-state index is 14.4. The first-order valence-corrected chi connectivity index (χ1v) is 10.9. The van der Waals surface area contributed by atoms with E-state index < -0.39 is 17.0 Å². The van der Waals surface area contributed by atoms with Crippen molar-refractivity contribution in [3.05, 3.63) is 89.5 Å². The highest BCUT2D eigenvalue weighted by molar-refractivity contribution is 8.00. The number of nitrogens with one attached hydrogen (secondary N) is 1. The Hall–Kier alpha value is -3.39. The van der Waals surface area contributed by atoms with Gasteiger partial charge >= 0.3 is 0 Å². The SMILES string of the molecule is COc1ccc(CC(=O)Nc2cccc([C@H]3SCC(=O)N3c3ccc(F)cc3F)c2)cc1. The van der Waals surface area contributed by atoms with Crippen LogP contribution in [0, 0.1) is 11.6 Å². The van der Waals surface area contributed by atoms with Gasteiger partial charge in [-0.15, -0.1) is 11.8 Å². The zero-order chi connectivity index (χ0) is 22.7. The van der Waals surface area contributed by atoms with E-state index in [0.717, 1.165) is 23.3 Å². The van der Waals surface area contributed by atoms with Crippen molar-refractivity contribution < 1.29 is 23.1 Å². The molecule has 2 amide bonds. The van der Waals surface area contributed by atoms with Crippen molar-refractivity contribution in [2.24, 2.45) is 0 Å². The van der Waals surface area contributed by atoms with E-state index in [4.69, 9.17) is 4.74 Å². The van der Waals surface area contributed by atoms with Gasteiger partial charge < -0.3 is 10.1 Å². The number of hydrogen-bond acceptors (Lipinski definition) is 4. The standard InChI is InChI=1S/C24H20F2N2O3S/c1-31-19-8-5-15(6-9-19)11-22(29)27-18-4-2-3-16(12-18)24-28(23(30)14-32-24)21-10-7-17(25)13-20(21)26/h2-10,12-13,24H,11,14H2,1H3,(H,27,29)/t24-/m1/s1. The van der Waals surface area contributed by atoms with E-state index >= 15 is 0 Å². The normalized spacial score (nSPS) is 15.7. The fourth-order valence-electron chi connectivity index (χ4n) is 3.51. The highest BCUT2D eigenvalue weighted by Crippen LogP contribution is 2.43. The van der Waals surface area contributed by atoms with Crippen molar-refractivity contribution in [3.8, 4) is 5.75 Å². The van der Waals surface area contributed by atoms with E-state index in [0.29, 0.717) is 11.4 Å². The molecule has 1 aliphatic rings. The number of amides is 2. The summed E-state index contributed by atoms with van der Waals surface area (Å²) in [6, 6.07) is 17.5. The molecule has 0 aliphatic carbocycles. The minimum absolute atomic E-state index is 0.0281. The molecule has 0 saturated carbocycles. The number of ether oxygens (including phenoxy) is 1. The Bertz CT molecular complexity index is 1150. The molecule has 1 saturated heterocycles. The Kier molecular flexibility index (Phi) is 6.41. The van der Waals surface area contributed by atoms with Gasteiger partial charge in [0.2, 0.25) is 11.8 Å². The van der Waals surface area contributed by atoms with Crippen LogP contribution in [0.3, 0.4) is 0 Å². The zero-order valence-electron chi connectivity index (χ0n) is 17.2. The predicted octanol–water partition coefficient (Wildman–Crippen LogP) is 4.93. The molecule has 164 valence electrons. The third-order valence-corrected chi connectivity index (χ3v) is 6.23. The van der Waals surface area contributed by atoms with Crippen LogP contribution in [0.5, 0.6) is 5.75 Å². The molecule has 32 heavy (non-hydrogen) atoms. The summed E-state index contributed by atoms with van der Waals surface area (Å²) >= 11 is 1.34. The Morgan fingerprint density at radius 1 is 1.12 bits per heavy atom. The third kappa shape index (κ3) is 4.75. The Balaban J connectivity index is 1.51. The van der Waals surface area contributed by atoms with Crippen LogP contribution in [0.2, 0.25) is 0 Å². The first-order valence-electron chi connectivity index (χ1n) is 9.86. The second-order valence-electron chi connectivity index (χ2n) is 7.22. The lowest BCUT2D eigenvalue weighted by atomic mass is 10.1. The minimum Gasteiger partial charge on any atom is -0.497 e. The van der Waals surface area contributed by atoms with Gasteiger partial charge in [-0.05, 0) is 47.5 Å². The lowest BCUT2D eigenvalue weighted by Gasteiger charge is -2.25. The number of carbonyl (C=O) groups is 2. The maximum absolute atomic E-state index is 14.4. The highest BCUT2D eigenvalue weighted by atomic mass is 32.2. The van der Waals surface area contributed by atoms with Crippen molar-refractivity contribution in [1.82, 2.24) is 0 Å². The van der Waals surface area contributed by atoms with Crippen LogP contribution in [0.25, 0.3) is 0 Å². The molecule has 0 aromatic heterocycles. The van der Waals surface area contributed by atoms with Crippen LogP contribution in [0.1, 0.15) is 16.5 Å². The topological polar surface area (TPSA) is 58.6 Å². The average Bonchev–Trinajstić information content (AvgIpc) is 3.15. The van der Waals surface area contributed by atoms with Crippen LogP contribution >= 0.6 is 11.8 Å². The molecule has 3 aromatic rings. The summed E-state index contributed by atoms with van der Waals surface area (Å²) < 4.78 is 32.8. The van der Waals surface area contributed by atoms with Crippen molar-refractivity contribution in [1.29, 1.82) is 0 Å². The summed E-state index contributed by atoms with van der Waals surface area (Å²) in [5.74, 6) is -1.07. The summed E-state index contributed by atoms with van der Waals surface area (Å²) in [5.41, 5.74) is 2.17. The Morgan fingerprint density at radius 3 is 2.62 bits per heavy atom. The number of anilines is 2. The molecule has 8 heteroatoms. The number of benzene rings is 3. The van der Waals surface area contributed by atoms with E-state index in [2.05, 4.69) is 5.32 Å². The number of hydrogen-bond donors (Lipinski definition) is 1. The van der Waals surface area contributed by atoms with Crippen LogP contribution in [0.4, 0.5) is 20.2 Å². The first-order chi connectivity index (χ1) is 15.4. The second-order valence-corrected chi connectivity index (χ2v) is 8.29. The van der Waals surface area contributed by atoms with Crippen LogP contribution in [-0.4, -0.2) is 24.7 Å². The van der Waals surface area contributed by atoms with Gasteiger partial charge in [0.1, 0.15) is 22.8 Å². The maximum Gasteiger partial charge on any atom is 0.238 e.